The lowest BCUT2D eigenvalue weighted by Crippen LogP contribution is -2.44. The molecule has 1 atom stereocenters. The second-order valence-corrected chi connectivity index (χ2v) is 10.4. The number of hydrogen-bond donors (Lipinski definition) is 1. The first-order valence-corrected chi connectivity index (χ1v) is 11.9. The molecule has 1 heterocycles. The van der Waals surface area contributed by atoms with Crippen molar-refractivity contribution in [1.29, 1.82) is 0 Å². The summed E-state index contributed by atoms with van der Waals surface area (Å²) in [5.74, 6) is -0.873. The van der Waals surface area contributed by atoms with Crippen molar-refractivity contribution < 1.29 is 13.2 Å². The van der Waals surface area contributed by atoms with Crippen LogP contribution in [-0.2, 0) is 20.6 Å². The van der Waals surface area contributed by atoms with Gasteiger partial charge in [0.25, 0.3) is 0 Å². The summed E-state index contributed by atoms with van der Waals surface area (Å²) in [5.41, 5.74) is 2.01. The van der Waals surface area contributed by atoms with E-state index in [1.165, 1.54) is 10.4 Å². The molecule has 9 heteroatoms. The predicted molar refractivity (Wildman–Crippen MR) is 118 cm³/mol. The molecular weight excluding hydrogens is 455 g/mol. The number of anilines is 1. The van der Waals surface area contributed by atoms with Crippen LogP contribution in [0.1, 0.15) is 24.0 Å². The van der Waals surface area contributed by atoms with E-state index in [2.05, 4.69) is 5.32 Å². The zero-order valence-corrected chi connectivity index (χ0v) is 18.9. The van der Waals surface area contributed by atoms with Crippen LogP contribution in [0, 0.1) is 12.8 Å². The van der Waals surface area contributed by atoms with Crippen LogP contribution in [0.5, 0.6) is 0 Å². The van der Waals surface area contributed by atoms with Gasteiger partial charge in [0.1, 0.15) is 0 Å². The van der Waals surface area contributed by atoms with Gasteiger partial charge in [-0.25, -0.2) is 12.7 Å². The molecule has 0 bridgehead atoms. The smallest absolute Gasteiger partial charge is 0.228 e. The fourth-order valence-electron chi connectivity index (χ4n) is 3.30. The average Bonchev–Trinajstić information content (AvgIpc) is 2.67. The number of hydrogen-bond acceptors (Lipinski definition) is 3. The molecule has 29 heavy (non-hydrogen) atoms. The molecule has 1 saturated heterocycles. The first-order valence-electron chi connectivity index (χ1n) is 9.14. The highest BCUT2D eigenvalue weighted by Gasteiger charge is 2.33. The molecule has 5 nitrogen and oxygen atoms in total. The highest BCUT2D eigenvalue weighted by molar-refractivity contribution is 7.88. The Morgan fingerprint density at radius 2 is 1.83 bits per heavy atom. The molecular formula is C20H21Cl3N2O3S. The van der Waals surface area contributed by atoms with Gasteiger partial charge in [-0.1, -0.05) is 46.9 Å². The van der Waals surface area contributed by atoms with Crippen molar-refractivity contribution in [2.75, 3.05) is 18.4 Å². The van der Waals surface area contributed by atoms with Crippen LogP contribution in [0.15, 0.2) is 36.4 Å². The summed E-state index contributed by atoms with van der Waals surface area (Å²) in [4.78, 5) is 12.7. The average molecular weight is 476 g/mol. The monoisotopic (exact) mass is 474 g/mol. The number of nitrogens with zero attached hydrogens (tertiary/aromatic N) is 1. The van der Waals surface area contributed by atoms with E-state index in [1.54, 1.807) is 24.3 Å². The number of piperidine rings is 1. The summed E-state index contributed by atoms with van der Waals surface area (Å²) in [5, 5.41) is 4.16. The molecule has 3 rings (SSSR count). The van der Waals surface area contributed by atoms with Gasteiger partial charge in [0.2, 0.25) is 15.9 Å². The summed E-state index contributed by atoms with van der Waals surface area (Å²) in [7, 11) is -3.62. The van der Waals surface area contributed by atoms with Crippen LogP contribution in [0.25, 0.3) is 0 Å². The van der Waals surface area contributed by atoms with E-state index >= 15 is 0 Å². The van der Waals surface area contributed by atoms with E-state index in [-0.39, 0.29) is 18.2 Å². The maximum Gasteiger partial charge on any atom is 0.228 e. The Morgan fingerprint density at radius 3 is 2.55 bits per heavy atom. The summed E-state index contributed by atoms with van der Waals surface area (Å²) in [6, 6.07) is 10.0. The number of carbonyl (C=O) groups excluding carboxylic acids is 1. The third-order valence-corrected chi connectivity index (χ3v) is 7.58. The summed E-state index contributed by atoms with van der Waals surface area (Å²) in [6.07, 6.45) is 1.24. The molecule has 1 aliphatic rings. The molecule has 156 valence electrons. The van der Waals surface area contributed by atoms with Crippen LogP contribution in [-0.4, -0.2) is 31.7 Å². The standard InChI is InChI=1S/C20H21Cl3N2O3S/c1-13-4-6-17(22)10-19(13)24-20(26)14-3-2-8-25(11-14)29(27,28)12-15-5-7-16(21)9-18(15)23/h4-7,9-10,14H,2-3,8,11-12H2,1H3,(H,24,26)/t14-/m1/s1. The molecule has 0 saturated carbocycles. The van der Waals surface area contributed by atoms with Crippen molar-refractivity contribution in [3.8, 4) is 0 Å². The molecule has 0 spiro atoms. The van der Waals surface area contributed by atoms with Crippen LogP contribution >= 0.6 is 34.8 Å². The Labute approximate surface area is 186 Å². The Kier molecular flexibility index (Phi) is 7.12. The van der Waals surface area contributed by atoms with Crippen LogP contribution in [0.3, 0.4) is 0 Å². The number of sulfonamides is 1. The highest BCUT2D eigenvalue weighted by Crippen LogP contribution is 2.27. The van der Waals surface area contributed by atoms with E-state index in [4.69, 9.17) is 34.8 Å². The molecule has 0 aliphatic carbocycles. The van der Waals surface area contributed by atoms with Gasteiger partial charge < -0.3 is 5.32 Å². The fraction of sp³-hybridized carbons (Fsp3) is 0.350. The summed E-state index contributed by atoms with van der Waals surface area (Å²) >= 11 is 18.0. The maximum atomic E-state index is 12.9. The van der Waals surface area contributed by atoms with Crippen molar-refractivity contribution >= 4 is 56.4 Å². The van der Waals surface area contributed by atoms with E-state index in [0.717, 1.165) is 5.56 Å². The van der Waals surface area contributed by atoms with Crippen molar-refractivity contribution in [1.82, 2.24) is 4.31 Å². The van der Waals surface area contributed by atoms with Gasteiger partial charge in [0, 0.05) is 33.8 Å². The molecule has 1 fully saturated rings. The van der Waals surface area contributed by atoms with Gasteiger partial charge in [0.15, 0.2) is 0 Å². The number of nitrogens with one attached hydrogen (secondary N) is 1. The molecule has 1 amide bonds. The first-order chi connectivity index (χ1) is 13.7. The topological polar surface area (TPSA) is 66.5 Å². The van der Waals surface area contributed by atoms with Crippen molar-refractivity contribution in [3.63, 3.8) is 0 Å². The third-order valence-electron chi connectivity index (χ3n) is 4.96. The quantitative estimate of drug-likeness (QED) is 0.651. The van der Waals surface area contributed by atoms with Crippen molar-refractivity contribution in [3.05, 3.63) is 62.6 Å². The van der Waals surface area contributed by atoms with Gasteiger partial charge in [-0.2, -0.15) is 0 Å². The molecule has 0 radical (unpaired) electrons. The number of rotatable bonds is 5. The van der Waals surface area contributed by atoms with E-state index in [1.807, 2.05) is 13.0 Å². The Morgan fingerprint density at radius 1 is 1.14 bits per heavy atom. The third kappa shape index (κ3) is 5.64. The number of amides is 1. The molecule has 2 aromatic rings. The summed E-state index contributed by atoms with van der Waals surface area (Å²) < 4.78 is 27.2. The van der Waals surface area contributed by atoms with Gasteiger partial charge in [-0.05, 0) is 55.2 Å². The minimum absolute atomic E-state index is 0.138. The SMILES string of the molecule is Cc1ccc(Cl)cc1NC(=O)[C@@H]1CCCN(S(=O)(=O)Cc2ccc(Cl)cc2Cl)C1. The van der Waals surface area contributed by atoms with E-state index in [0.29, 0.717) is 45.7 Å². The Bertz CT molecular complexity index is 1030. The highest BCUT2D eigenvalue weighted by atomic mass is 35.5. The van der Waals surface area contributed by atoms with Gasteiger partial charge >= 0.3 is 0 Å². The second kappa shape index (κ2) is 9.23. The molecule has 1 aliphatic heterocycles. The van der Waals surface area contributed by atoms with Crippen LogP contribution in [0.2, 0.25) is 15.1 Å². The van der Waals surface area contributed by atoms with Crippen molar-refractivity contribution in [2.45, 2.75) is 25.5 Å². The molecule has 2 aromatic carbocycles. The number of halogens is 3. The lowest BCUT2D eigenvalue weighted by atomic mass is 9.98. The van der Waals surface area contributed by atoms with Crippen molar-refractivity contribution in [2.24, 2.45) is 5.92 Å². The minimum Gasteiger partial charge on any atom is -0.326 e. The maximum absolute atomic E-state index is 12.9. The zero-order valence-electron chi connectivity index (χ0n) is 15.8. The lowest BCUT2D eigenvalue weighted by molar-refractivity contribution is -0.120. The Balaban J connectivity index is 1.70. The molecule has 0 unspecified atom stereocenters. The first kappa shape index (κ1) is 22.4. The second-order valence-electron chi connectivity index (χ2n) is 7.14. The number of benzene rings is 2. The Hall–Kier alpha value is -1.31. The van der Waals surface area contributed by atoms with E-state index < -0.39 is 15.9 Å². The zero-order chi connectivity index (χ0) is 21.2. The molecule has 0 aromatic heterocycles. The van der Waals surface area contributed by atoms with E-state index in [9.17, 15) is 13.2 Å². The lowest BCUT2D eigenvalue weighted by Gasteiger charge is -2.31. The fourth-order valence-corrected chi connectivity index (χ4v) is 5.67. The number of carbonyl (C=O) groups is 1. The number of aryl methyl sites for hydroxylation is 1. The molecule has 1 N–H and O–H groups in total. The van der Waals surface area contributed by atoms with Gasteiger partial charge in [-0.3, -0.25) is 4.79 Å². The minimum atomic E-state index is -3.62. The predicted octanol–water partition coefficient (Wildman–Crippen LogP) is 5.14. The van der Waals surface area contributed by atoms with Gasteiger partial charge in [-0.15, -0.1) is 0 Å². The summed E-state index contributed by atoms with van der Waals surface area (Å²) in [6.45, 7) is 2.39. The van der Waals surface area contributed by atoms with Gasteiger partial charge in [0.05, 0.1) is 11.7 Å². The normalized spacial score (nSPS) is 17.9. The van der Waals surface area contributed by atoms with Crippen LogP contribution < -0.4 is 5.32 Å². The van der Waals surface area contributed by atoms with Crippen LogP contribution in [0.4, 0.5) is 5.69 Å². The largest absolute Gasteiger partial charge is 0.326 e.